The van der Waals surface area contributed by atoms with Crippen LogP contribution in [0, 0.1) is 0 Å². The summed E-state index contributed by atoms with van der Waals surface area (Å²) in [5.41, 5.74) is 0. The molecule has 2 aliphatic rings. The number of hydrogen-bond donors (Lipinski definition) is 7. The van der Waals surface area contributed by atoms with Gasteiger partial charge in [-0.2, -0.15) is 0 Å². The van der Waals surface area contributed by atoms with Gasteiger partial charge in [0.15, 0.2) is 18.7 Å². The molecular formula is C47H76O15. The standard InChI is InChI=1S/C47H76O15/c1-3-5-7-9-11-13-15-17-19-21-23-25-27-29-38(49)57-32-35(60-39(50)30-28-26-24-22-20-18-16-14-12-10-8-6-4-2)33-58-46-45(56)43(54)41(52)37(62-46)34-59-47-44(55)42(53)40(51)36(31-48)61-47/h3-4,7-10,13-16,35-37,40-48,51-56H,1-2,5-6,11-12,17-34H2/b9-7+,10-8-,15-13-,16-14+/t35-,36-,37-,40+,41+,42+,43+,44-,45-,46-,47+/m1/s1. The molecule has 354 valence electrons. The number of unbranched alkanes of at least 4 members (excludes halogenated alkanes) is 10. The minimum Gasteiger partial charge on any atom is -0.462 e. The van der Waals surface area contributed by atoms with Crippen LogP contribution >= 0.6 is 0 Å². The molecule has 2 aliphatic heterocycles. The number of rotatable bonds is 34. The van der Waals surface area contributed by atoms with E-state index < -0.39 is 99.3 Å². The van der Waals surface area contributed by atoms with Crippen LogP contribution in [0.3, 0.4) is 0 Å². The molecule has 15 nitrogen and oxygen atoms in total. The summed E-state index contributed by atoms with van der Waals surface area (Å²) >= 11 is 0. The van der Waals surface area contributed by atoms with Gasteiger partial charge in [0, 0.05) is 12.8 Å². The van der Waals surface area contributed by atoms with Crippen LogP contribution in [0.1, 0.15) is 116 Å². The predicted molar refractivity (Wildman–Crippen MR) is 233 cm³/mol. The van der Waals surface area contributed by atoms with Crippen molar-refractivity contribution >= 4 is 11.9 Å². The highest BCUT2D eigenvalue weighted by molar-refractivity contribution is 5.70. The van der Waals surface area contributed by atoms with E-state index in [-0.39, 0.29) is 19.4 Å². The number of aliphatic hydroxyl groups excluding tert-OH is 7. The van der Waals surface area contributed by atoms with Crippen LogP contribution in [0.2, 0.25) is 0 Å². The number of esters is 2. The number of hydrogen-bond acceptors (Lipinski definition) is 15. The average Bonchev–Trinajstić information content (AvgIpc) is 3.26. The predicted octanol–water partition coefficient (Wildman–Crippen LogP) is 4.70. The third-order valence-corrected chi connectivity index (χ3v) is 10.4. The summed E-state index contributed by atoms with van der Waals surface area (Å²) in [7, 11) is 0. The normalized spacial score (nSPS) is 27.3. The lowest BCUT2D eigenvalue weighted by Gasteiger charge is -2.42. The third-order valence-electron chi connectivity index (χ3n) is 10.4. The molecule has 0 aliphatic carbocycles. The zero-order chi connectivity index (χ0) is 45.4. The molecule has 0 radical (unpaired) electrons. The molecule has 0 spiro atoms. The van der Waals surface area contributed by atoms with Crippen LogP contribution in [0.4, 0.5) is 0 Å². The van der Waals surface area contributed by atoms with Crippen LogP contribution in [-0.4, -0.2) is 142 Å². The first-order chi connectivity index (χ1) is 30.0. The minimum absolute atomic E-state index is 0.134. The average molecular weight is 881 g/mol. The number of carbonyl (C=O) groups excluding carboxylic acids is 2. The van der Waals surface area contributed by atoms with Crippen LogP contribution in [0.5, 0.6) is 0 Å². The summed E-state index contributed by atoms with van der Waals surface area (Å²) in [4.78, 5) is 25.6. The fraction of sp³-hybridized carbons (Fsp3) is 0.702. The largest absolute Gasteiger partial charge is 0.462 e. The second-order valence-corrected chi connectivity index (χ2v) is 15.7. The van der Waals surface area contributed by atoms with E-state index in [9.17, 15) is 45.3 Å². The van der Waals surface area contributed by atoms with Gasteiger partial charge in [0.2, 0.25) is 0 Å². The van der Waals surface area contributed by atoms with Gasteiger partial charge < -0.3 is 64.2 Å². The molecule has 7 N–H and O–H groups in total. The molecule has 2 saturated heterocycles. The minimum atomic E-state index is -1.78. The lowest BCUT2D eigenvalue weighted by molar-refractivity contribution is -0.332. The molecule has 15 heteroatoms. The first-order valence-electron chi connectivity index (χ1n) is 22.4. The highest BCUT2D eigenvalue weighted by atomic mass is 16.7. The molecule has 2 fully saturated rings. The van der Waals surface area contributed by atoms with Gasteiger partial charge in [-0.3, -0.25) is 9.59 Å². The molecule has 0 bridgehead atoms. The zero-order valence-electron chi connectivity index (χ0n) is 36.5. The highest BCUT2D eigenvalue weighted by Crippen LogP contribution is 2.26. The van der Waals surface area contributed by atoms with Gasteiger partial charge in [0.1, 0.15) is 55.4 Å². The molecular weight excluding hydrogens is 805 g/mol. The van der Waals surface area contributed by atoms with E-state index in [1.807, 2.05) is 12.2 Å². The molecule has 0 saturated carbocycles. The van der Waals surface area contributed by atoms with Crippen molar-refractivity contribution in [1.82, 2.24) is 0 Å². The SMILES string of the molecule is C=CC/C=C\C/C=C/CCCCCCCC(=O)O[C@H](COC(=O)CCCCCCC/C=C\C/C=C/CC=C)CO[C@@H]1O[C@H](CO[C@H]2O[C@H](CO)[C@H](O)[C@H](O)[C@H]2O)[C@H](O)[C@H](O)[C@H]1O. The Morgan fingerprint density at radius 1 is 0.516 bits per heavy atom. The van der Waals surface area contributed by atoms with Crippen LogP contribution in [0.15, 0.2) is 73.9 Å². The van der Waals surface area contributed by atoms with Gasteiger partial charge in [-0.25, -0.2) is 0 Å². The Bertz CT molecular complexity index is 1330. The van der Waals surface area contributed by atoms with Crippen molar-refractivity contribution in [3.8, 4) is 0 Å². The Balaban J connectivity index is 1.87. The maximum Gasteiger partial charge on any atom is 0.306 e. The van der Waals surface area contributed by atoms with E-state index >= 15 is 0 Å². The third kappa shape index (κ3) is 23.0. The maximum atomic E-state index is 12.9. The van der Waals surface area contributed by atoms with E-state index in [1.54, 1.807) is 0 Å². The fourth-order valence-corrected chi connectivity index (χ4v) is 6.69. The molecule has 0 aromatic heterocycles. The monoisotopic (exact) mass is 881 g/mol. The quantitative estimate of drug-likeness (QED) is 0.0264. The first-order valence-corrected chi connectivity index (χ1v) is 22.4. The van der Waals surface area contributed by atoms with E-state index in [0.29, 0.717) is 12.8 Å². The first kappa shape index (κ1) is 55.1. The Labute approximate surface area is 368 Å². The van der Waals surface area contributed by atoms with Gasteiger partial charge in [0.05, 0.1) is 19.8 Å². The molecule has 2 rings (SSSR count). The summed E-state index contributed by atoms with van der Waals surface area (Å²) in [5.74, 6) is -0.983. The summed E-state index contributed by atoms with van der Waals surface area (Å²) in [6.45, 7) is 5.44. The second kappa shape index (κ2) is 34.4. The highest BCUT2D eigenvalue weighted by Gasteiger charge is 2.47. The topological polar surface area (TPSA) is 231 Å². The van der Waals surface area contributed by atoms with Crippen molar-refractivity contribution in [2.24, 2.45) is 0 Å². The molecule has 62 heavy (non-hydrogen) atoms. The lowest BCUT2D eigenvalue weighted by Crippen LogP contribution is -2.61. The van der Waals surface area contributed by atoms with Gasteiger partial charge in [-0.1, -0.05) is 99.3 Å². The molecule has 2 heterocycles. The molecule has 11 atom stereocenters. The Kier molecular flexibility index (Phi) is 30.5. The molecule has 0 aromatic rings. The fourth-order valence-electron chi connectivity index (χ4n) is 6.69. The lowest BCUT2D eigenvalue weighted by atomic mass is 9.98. The summed E-state index contributed by atoms with van der Waals surface area (Å²) in [6, 6.07) is 0. The number of carbonyl (C=O) groups is 2. The van der Waals surface area contributed by atoms with E-state index in [4.69, 9.17) is 28.4 Å². The van der Waals surface area contributed by atoms with Gasteiger partial charge >= 0.3 is 11.9 Å². The van der Waals surface area contributed by atoms with E-state index in [0.717, 1.165) is 89.9 Å². The van der Waals surface area contributed by atoms with Gasteiger partial charge in [-0.05, 0) is 64.2 Å². The molecule has 0 aromatic carbocycles. The zero-order valence-corrected chi connectivity index (χ0v) is 36.5. The number of allylic oxidation sites excluding steroid dienone is 10. The number of ether oxygens (including phenoxy) is 6. The Hall–Kier alpha value is -3.06. The smallest absolute Gasteiger partial charge is 0.306 e. The van der Waals surface area contributed by atoms with Gasteiger partial charge in [0.25, 0.3) is 0 Å². The van der Waals surface area contributed by atoms with Crippen molar-refractivity contribution in [3.63, 3.8) is 0 Å². The Morgan fingerprint density at radius 2 is 0.968 bits per heavy atom. The second-order valence-electron chi connectivity index (χ2n) is 15.7. The number of aliphatic hydroxyl groups is 7. The Morgan fingerprint density at radius 3 is 1.52 bits per heavy atom. The van der Waals surface area contributed by atoms with Crippen molar-refractivity contribution in [3.05, 3.63) is 73.9 Å². The van der Waals surface area contributed by atoms with Crippen LogP contribution < -0.4 is 0 Å². The van der Waals surface area contributed by atoms with Crippen LogP contribution in [-0.2, 0) is 38.0 Å². The molecule has 0 amide bonds. The van der Waals surface area contributed by atoms with Crippen molar-refractivity contribution in [2.45, 2.75) is 183 Å². The van der Waals surface area contributed by atoms with Crippen molar-refractivity contribution in [1.29, 1.82) is 0 Å². The van der Waals surface area contributed by atoms with Crippen molar-refractivity contribution in [2.75, 3.05) is 26.4 Å². The molecule has 0 unspecified atom stereocenters. The van der Waals surface area contributed by atoms with Crippen molar-refractivity contribution < 1.29 is 73.8 Å². The van der Waals surface area contributed by atoms with E-state index in [1.165, 1.54) is 0 Å². The summed E-state index contributed by atoms with van der Waals surface area (Å²) < 4.78 is 33.4. The summed E-state index contributed by atoms with van der Waals surface area (Å²) in [5, 5.41) is 71.8. The van der Waals surface area contributed by atoms with Crippen LogP contribution in [0.25, 0.3) is 0 Å². The summed E-state index contributed by atoms with van der Waals surface area (Å²) in [6.07, 6.45) is 18.7. The maximum absolute atomic E-state index is 12.9. The van der Waals surface area contributed by atoms with Gasteiger partial charge in [-0.15, -0.1) is 13.2 Å². The van der Waals surface area contributed by atoms with E-state index in [2.05, 4.69) is 61.8 Å².